The van der Waals surface area contributed by atoms with Crippen LogP contribution in [0.15, 0.2) is 48.5 Å². The molecule has 2 N–H and O–H groups in total. The van der Waals surface area contributed by atoms with Crippen LogP contribution >= 0.6 is 23.8 Å². The smallest absolute Gasteiger partial charge is 0.240 e. The lowest BCUT2D eigenvalue weighted by Gasteiger charge is -2.29. The number of amides is 1. The van der Waals surface area contributed by atoms with Crippen molar-refractivity contribution in [3.05, 3.63) is 69.5 Å². The summed E-state index contributed by atoms with van der Waals surface area (Å²) in [6.07, 6.45) is 2.33. The molecule has 1 aromatic heterocycles. The number of rotatable bonds is 7. The molecule has 2 heterocycles. The molecule has 0 spiro atoms. The lowest BCUT2D eigenvalue weighted by atomic mass is 10.1. The minimum absolute atomic E-state index is 0.0500. The summed E-state index contributed by atoms with van der Waals surface area (Å²) < 4.78 is 2.16. The highest BCUT2D eigenvalue weighted by Crippen LogP contribution is 2.29. The molecule has 1 aliphatic rings. The van der Waals surface area contributed by atoms with Gasteiger partial charge in [0.2, 0.25) is 5.91 Å². The molecule has 8 heteroatoms. The van der Waals surface area contributed by atoms with Crippen molar-refractivity contribution in [1.29, 1.82) is 0 Å². The van der Waals surface area contributed by atoms with Gasteiger partial charge in [-0.3, -0.25) is 19.4 Å². The van der Waals surface area contributed by atoms with Crippen LogP contribution in [0, 0.1) is 11.7 Å². The van der Waals surface area contributed by atoms with E-state index in [1.165, 1.54) is 12.8 Å². The van der Waals surface area contributed by atoms with E-state index >= 15 is 0 Å². The quantitative estimate of drug-likeness (QED) is 0.514. The molecule has 4 rings (SSSR count). The number of carbonyl (C=O) groups is 1. The molecule has 0 radical (unpaired) electrons. The zero-order chi connectivity index (χ0) is 21.8. The van der Waals surface area contributed by atoms with E-state index in [9.17, 15) is 4.79 Å². The summed E-state index contributed by atoms with van der Waals surface area (Å²) in [6.45, 7) is 4.65. The van der Waals surface area contributed by atoms with Crippen molar-refractivity contribution in [2.45, 2.75) is 32.4 Å². The highest BCUT2D eigenvalue weighted by molar-refractivity contribution is 7.71. The lowest BCUT2D eigenvalue weighted by molar-refractivity contribution is -0.121. The van der Waals surface area contributed by atoms with Gasteiger partial charge in [-0.25, -0.2) is 0 Å². The topological polar surface area (TPSA) is 66.0 Å². The number of carbonyl (C=O) groups excluding carboxylic acids is 1. The van der Waals surface area contributed by atoms with Crippen LogP contribution in [0.3, 0.4) is 0 Å². The van der Waals surface area contributed by atoms with E-state index in [2.05, 4.69) is 20.4 Å². The monoisotopic (exact) mass is 455 g/mol. The van der Waals surface area contributed by atoms with E-state index in [1.807, 2.05) is 55.5 Å². The van der Waals surface area contributed by atoms with Gasteiger partial charge in [-0.05, 0) is 56.7 Å². The number of likely N-dealkylation sites (tertiary alicyclic amines) is 1. The second-order valence-corrected chi connectivity index (χ2v) is 8.68. The number of aryl methyl sites for hydroxylation is 1. The largest absolute Gasteiger partial charge is 0.353 e. The van der Waals surface area contributed by atoms with Crippen LogP contribution < -0.4 is 5.32 Å². The van der Waals surface area contributed by atoms with Gasteiger partial charge in [0.15, 0.2) is 10.6 Å². The molecule has 0 aliphatic carbocycles. The molecule has 0 saturated carbocycles. The van der Waals surface area contributed by atoms with Gasteiger partial charge in [0, 0.05) is 17.1 Å². The molecular formula is C23H26ClN5OS. The van der Waals surface area contributed by atoms with E-state index in [0.29, 0.717) is 17.1 Å². The zero-order valence-corrected chi connectivity index (χ0v) is 19.0. The van der Waals surface area contributed by atoms with Gasteiger partial charge in [-0.15, -0.1) is 0 Å². The number of aromatic nitrogens is 3. The second-order valence-electron chi connectivity index (χ2n) is 7.89. The number of nitrogens with one attached hydrogen (secondary N) is 2. The maximum atomic E-state index is 12.9. The fourth-order valence-corrected chi connectivity index (χ4v) is 4.49. The molecule has 1 atom stereocenters. The summed E-state index contributed by atoms with van der Waals surface area (Å²) in [5.74, 6) is 0.546. The standard InChI is InChI=1S/C23H26ClN5OS/c1-16-8-10-17(11-9-16)22-26-27-23(31)29(22)15-21(30)25-14-20(28-12-4-5-13-28)18-6-2-3-7-19(18)24/h2-3,6-11,20H,4-5,12-15H2,1H3,(H,25,30)(H,27,31). The van der Waals surface area contributed by atoms with E-state index in [0.717, 1.165) is 34.8 Å². The Hall–Kier alpha value is -2.48. The average Bonchev–Trinajstić information content (AvgIpc) is 3.41. The predicted octanol–water partition coefficient (Wildman–Crippen LogP) is 4.52. The Morgan fingerprint density at radius 2 is 1.90 bits per heavy atom. The van der Waals surface area contributed by atoms with E-state index in [1.54, 1.807) is 4.57 Å². The molecule has 6 nitrogen and oxygen atoms in total. The number of aromatic amines is 1. The number of nitrogens with zero attached hydrogens (tertiary/aromatic N) is 3. The molecule has 3 aromatic rings. The summed E-state index contributed by atoms with van der Waals surface area (Å²) in [5.41, 5.74) is 3.12. The van der Waals surface area contributed by atoms with Crippen molar-refractivity contribution in [2.75, 3.05) is 19.6 Å². The highest BCUT2D eigenvalue weighted by Gasteiger charge is 2.25. The van der Waals surface area contributed by atoms with Gasteiger partial charge in [0.1, 0.15) is 6.54 Å². The maximum absolute atomic E-state index is 12.9. The fraction of sp³-hybridized carbons (Fsp3) is 0.348. The van der Waals surface area contributed by atoms with Crippen LogP contribution in [0.25, 0.3) is 11.4 Å². The maximum Gasteiger partial charge on any atom is 0.240 e. The van der Waals surface area contributed by atoms with E-state index in [4.69, 9.17) is 23.8 Å². The molecule has 2 aromatic carbocycles. The number of H-pyrrole nitrogens is 1. The number of halogens is 1. The minimum Gasteiger partial charge on any atom is -0.353 e. The Balaban J connectivity index is 1.48. The third kappa shape index (κ3) is 5.06. The third-order valence-corrected chi connectivity index (χ3v) is 6.36. The fourth-order valence-electron chi connectivity index (χ4n) is 4.03. The molecule has 1 aliphatic heterocycles. The SMILES string of the molecule is Cc1ccc(-c2n[nH]c(=S)n2CC(=O)NCC(c2ccccc2Cl)N2CCCC2)cc1. The van der Waals surface area contributed by atoms with Crippen LogP contribution in [-0.2, 0) is 11.3 Å². The van der Waals surface area contributed by atoms with Crippen molar-refractivity contribution >= 4 is 29.7 Å². The van der Waals surface area contributed by atoms with Gasteiger partial charge in [-0.2, -0.15) is 5.10 Å². The molecule has 1 unspecified atom stereocenters. The van der Waals surface area contributed by atoms with Crippen molar-refractivity contribution in [3.8, 4) is 11.4 Å². The summed E-state index contributed by atoms with van der Waals surface area (Å²) in [6, 6.07) is 15.9. The molecule has 1 fully saturated rings. The van der Waals surface area contributed by atoms with Crippen LogP contribution in [0.1, 0.15) is 30.0 Å². The van der Waals surface area contributed by atoms with E-state index in [-0.39, 0.29) is 18.5 Å². The molecule has 162 valence electrons. The molecule has 0 bridgehead atoms. The van der Waals surface area contributed by atoms with Gasteiger partial charge in [-0.1, -0.05) is 59.6 Å². The molecular weight excluding hydrogens is 430 g/mol. The molecule has 1 saturated heterocycles. The van der Waals surface area contributed by atoms with E-state index < -0.39 is 0 Å². The Bertz CT molecular complexity index is 1100. The Kier molecular flexibility index (Phi) is 6.85. The van der Waals surface area contributed by atoms with Crippen LogP contribution in [0.2, 0.25) is 5.02 Å². The first-order chi connectivity index (χ1) is 15.0. The van der Waals surface area contributed by atoms with Gasteiger partial charge >= 0.3 is 0 Å². The number of benzene rings is 2. The first-order valence-electron chi connectivity index (χ1n) is 10.5. The van der Waals surface area contributed by atoms with Crippen LogP contribution in [0.4, 0.5) is 0 Å². The second kappa shape index (κ2) is 9.77. The van der Waals surface area contributed by atoms with Gasteiger partial charge in [0.05, 0.1) is 6.04 Å². The summed E-state index contributed by atoms with van der Waals surface area (Å²) in [7, 11) is 0. The van der Waals surface area contributed by atoms with Gasteiger partial charge < -0.3 is 5.32 Å². The predicted molar refractivity (Wildman–Crippen MR) is 126 cm³/mol. The summed E-state index contributed by atoms with van der Waals surface area (Å²) in [5, 5.41) is 11.0. The average molecular weight is 456 g/mol. The molecule has 1 amide bonds. The Morgan fingerprint density at radius 1 is 1.19 bits per heavy atom. The first kappa shape index (κ1) is 21.7. The highest BCUT2D eigenvalue weighted by atomic mass is 35.5. The normalized spacial score (nSPS) is 15.2. The van der Waals surface area contributed by atoms with Crippen LogP contribution in [-0.4, -0.2) is 45.2 Å². The Labute approximate surface area is 192 Å². The number of hydrogen-bond donors (Lipinski definition) is 2. The van der Waals surface area contributed by atoms with Crippen LogP contribution in [0.5, 0.6) is 0 Å². The van der Waals surface area contributed by atoms with Crippen molar-refractivity contribution < 1.29 is 4.79 Å². The first-order valence-corrected chi connectivity index (χ1v) is 11.3. The minimum atomic E-state index is -0.109. The number of hydrogen-bond acceptors (Lipinski definition) is 4. The zero-order valence-electron chi connectivity index (χ0n) is 17.5. The van der Waals surface area contributed by atoms with Crippen molar-refractivity contribution in [2.24, 2.45) is 0 Å². The molecule has 31 heavy (non-hydrogen) atoms. The Morgan fingerprint density at radius 3 is 2.61 bits per heavy atom. The lowest BCUT2D eigenvalue weighted by Crippen LogP contribution is -2.38. The van der Waals surface area contributed by atoms with Crippen molar-refractivity contribution in [1.82, 2.24) is 25.0 Å². The van der Waals surface area contributed by atoms with Gasteiger partial charge in [0.25, 0.3) is 0 Å². The van der Waals surface area contributed by atoms with Crippen molar-refractivity contribution in [3.63, 3.8) is 0 Å². The summed E-state index contributed by atoms with van der Waals surface area (Å²) >= 11 is 11.9. The summed E-state index contributed by atoms with van der Waals surface area (Å²) in [4.78, 5) is 15.3. The third-order valence-electron chi connectivity index (χ3n) is 5.71.